The first-order chi connectivity index (χ1) is 21.6. The van der Waals surface area contributed by atoms with Crippen molar-refractivity contribution in [3.05, 3.63) is 148 Å². The van der Waals surface area contributed by atoms with Gasteiger partial charge in [0, 0.05) is 33.1 Å². The Hall–Kier alpha value is -5.18. The number of aliphatic carboxylic acids is 1. The van der Waals surface area contributed by atoms with Crippen molar-refractivity contribution in [2.45, 2.75) is 31.2 Å². The number of hydrogen-bond donors (Lipinski definition) is 1. The summed E-state index contributed by atoms with van der Waals surface area (Å²) in [5, 5.41) is 18.3. The van der Waals surface area contributed by atoms with Gasteiger partial charge in [0.05, 0.1) is 0 Å². The molecule has 1 N–H and O–H groups in total. The molecule has 2 heterocycles. The van der Waals surface area contributed by atoms with Gasteiger partial charge in [0.2, 0.25) is 0 Å². The number of nitriles is 1. The molecule has 0 bridgehead atoms. The summed E-state index contributed by atoms with van der Waals surface area (Å²) in [5.41, 5.74) is 9.60. The van der Waals surface area contributed by atoms with Crippen molar-refractivity contribution in [3.8, 4) is 16.5 Å². The normalized spacial score (nSPS) is 17.1. The molecule has 44 heavy (non-hydrogen) atoms. The largest absolute Gasteiger partial charge is 0.477 e. The number of hydrogen-bond acceptors (Lipinski definition) is 4. The van der Waals surface area contributed by atoms with E-state index in [9.17, 15) is 9.90 Å². The first-order valence-electron chi connectivity index (χ1n) is 14.9. The average Bonchev–Trinajstić information content (AvgIpc) is 3.80. The number of nitrogens with zero attached hydrogens (tertiary/aromatic N) is 2. The zero-order valence-electron chi connectivity index (χ0n) is 24.1. The standard InChI is InChI=1S/C39H30N2O2S/c40-25-30(39(42)43)24-32-19-21-38(44-32)29-15-17-31(18-16-29)41-36-13-7-12-33(36)35-23-26(14-20-37(35)41)22-34(27-8-3-1-4-9-27)28-10-5-2-6-11-28/h1-6,8-11,14-24,33,36H,7,12-13H2,(H,42,43). The second-order valence-corrected chi connectivity index (χ2v) is 12.4. The molecule has 1 fully saturated rings. The molecule has 1 aromatic heterocycles. The Kier molecular flexibility index (Phi) is 7.43. The molecule has 2 atom stereocenters. The van der Waals surface area contributed by atoms with Gasteiger partial charge in [-0.2, -0.15) is 5.26 Å². The van der Waals surface area contributed by atoms with Crippen LogP contribution in [0.25, 0.3) is 28.2 Å². The highest BCUT2D eigenvalue weighted by atomic mass is 32.1. The highest BCUT2D eigenvalue weighted by molar-refractivity contribution is 7.16. The van der Waals surface area contributed by atoms with Gasteiger partial charge in [0.25, 0.3) is 0 Å². The maximum Gasteiger partial charge on any atom is 0.346 e. The van der Waals surface area contributed by atoms with Crippen LogP contribution in [-0.2, 0) is 4.79 Å². The van der Waals surface area contributed by atoms with Crippen molar-refractivity contribution in [1.29, 1.82) is 5.26 Å². The Balaban J connectivity index is 1.20. The van der Waals surface area contributed by atoms with Gasteiger partial charge in [-0.1, -0.05) is 85.3 Å². The van der Waals surface area contributed by atoms with E-state index in [2.05, 4.69) is 114 Å². The molecule has 5 aromatic rings. The van der Waals surface area contributed by atoms with E-state index in [1.54, 1.807) is 6.07 Å². The molecule has 4 aromatic carbocycles. The number of fused-ring (bicyclic) bond motifs is 3. The van der Waals surface area contributed by atoms with Crippen LogP contribution in [0, 0.1) is 11.3 Å². The minimum Gasteiger partial charge on any atom is -0.477 e. The van der Waals surface area contributed by atoms with E-state index in [1.165, 1.54) is 75.9 Å². The predicted molar refractivity (Wildman–Crippen MR) is 180 cm³/mol. The molecule has 1 aliphatic carbocycles. The van der Waals surface area contributed by atoms with Crippen molar-refractivity contribution < 1.29 is 9.90 Å². The third kappa shape index (κ3) is 5.25. The Bertz CT molecular complexity index is 1890. The molecular formula is C39H30N2O2S. The van der Waals surface area contributed by atoms with Crippen LogP contribution < -0.4 is 4.90 Å². The summed E-state index contributed by atoms with van der Waals surface area (Å²) in [6.07, 6.45) is 7.37. The smallest absolute Gasteiger partial charge is 0.346 e. The fourth-order valence-corrected chi connectivity index (χ4v) is 7.65. The summed E-state index contributed by atoms with van der Waals surface area (Å²) in [4.78, 5) is 15.6. The molecule has 1 aliphatic heterocycles. The SMILES string of the molecule is N#CC(=Cc1ccc(-c2ccc(N3c4ccc(C=C(c5ccccc5)c5ccccc5)cc4C4CCCC43)cc2)s1)C(=O)O. The van der Waals surface area contributed by atoms with Crippen LogP contribution in [0.5, 0.6) is 0 Å². The van der Waals surface area contributed by atoms with E-state index in [0.717, 1.165) is 15.3 Å². The molecule has 214 valence electrons. The lowest BCUT2D eigenvalue weighted by Gasteiger charge is -2.27. The summed E-state index contributed by atoms with van der Waals surface area (Å²) in [7, 11) is 0. The summed E-state index contributed by atoms with van der Waals surface area (Å²) in [6, 6.07) is 42.9. The van der Waals surface area contributed by atoms with E-state index in [1.807, 2.05) is 12.1 Å². The van der Waals surface area contributed by atoms with Gasteiger partial charge in [0.15, 0.2) is 0 Å². The van der Waals surface area contributed by atoms with Crippen molar-refractivity contribution in [2.24, 2.45) is 0 Å². The topological polar surface area (TPSA) is 64.3 Å². The minimum atomic E-state index is -1.21. The Labute approximate surface area is 261 Å². The predicted octanol–water partition coefficient (Wildman–Crippen LogP) is 9.78. The number of rotatable bonds is 7. The van der Waals surface area contributed by atoms with Gasteiger partial charge in [-0.05, 0) is 94.8 Å². The molecule has 0 amide bonds. The molecule has 5 heteroatoms. The van der Waals surface area contributed by atoms with Gasteiger partial charge in [-0.3, -0.25) is 0 Å². The molecule has 0 radical (unpaired) electrons. The lowest BCUT2D eigenvalue weighted by molar-refractivity contribution is -0.132. The summed E-state index contributed by atoms with van der Waals surface area (Å²) >= 11 is 1.48. The number of carbonyl (C=O) groups is 1. The minimum absolute atomic E-state index is 0.262. The number of anilines is 2. The monoisotopic (exact) mass is 590 g/mol. The first-order valence-corrected chi connectivity index (χ1v) is 15.7. The highest BCUT2D eigenvalue weighted by Gasteiger charge is 2.42. The number of thiophene rings is 1. The number of benzene rings is 4. The van der Waals surface area contributed by atoms with Crippen molar-refractivity contribution >= 4 is 46.4 Å². The van der Waals surface area contributed by atoms with Crippen LogP contribution in [0.15, 0.2) is 121 Å². The van der Waals surface area contributed by atoms with Crippen LogP contribution in [-0.4, -0.2) is 17.1 Å². The zero-order chi connectivity index (χ0) is 30.0. The van der Waals surface area contributed by atoms with Crippen molar-refractivity contribution in [3.63, 3.8) is 0 Å². The lowest BCUT2D eigenvalue weighted by Crippen LogP contribution is -2.26. The summed E-state index contributed by atoms with van der Waals surface area (Å²) < 4.78 is 0. The van der Waals surface area contributed by atoms with Gasteiger partial charge >= 0.3 is 5.97 Å². The molecule has 2 unspecified atom stereocenters. The maximum atomic E-state index is 11.2. The average molecular weight is 591 g/mol. The van der Waals surface area contributed by atoms with E-state index in [0.29, 0.717) is 12.0 Å². The van der Waals surface area contributed by atoms with Crippen LogP contribution in [0.3, 0.4) is 0 Å². The zero-order valence-corrected chi connectivity index (χ0v) is 24.9. The van der Waals surface area contributed by atoms with Gasteiger partial charge < -0.3 is 10.0 Å². The lowest BCUT2D eigenvalue weighted by atomic mass is 9.93. The van der Waals surface area contributed by atoms with Gasteiger partial charge in [-0.25, -0.2) is 4.79 Å². The third-order valence-corrected chi connectivity index (χ3v) is 9.78. The first kappa shape index (κ1) is 27.6. The summed E-state index contributed by atoms with van der Waals surface area (Å²) in [5.74, 6) is -0.691. The molecule has 7 rings (SSSR count). The van der Waals surface area contributed by atoms with Crippen LogP contribution in [0.2, 0.25) is 0 Å². The van der Waals surface area contributed by atoms with Gasteiger partial charge in [0.1, 0.15) is 11.6 Å². The van der Waals surface area contributed by atoms with Crippen LogP contribution in [0.1, 0.15) is 52.3 Å². The second kappa shape index (κ2) is 11.8. The Morgan fingerprint density at radius 2 is 1.55 bits per heavy atom. The van der Waals surface area contributed by atoms with Crippen LogP contribution in [0.4, 0.5) is 11.4 Å². The van der Waals surface area contributed by atoms with Crippen molar-refractivity contribution in [2.75, 3.05) is 4.90 Å². The van der Waals surface area contributed by atoms with Crippen LogP contribution >= 0.6 is 11.3 Å². The molecule has 0 saturated heterocycles. The van der Waals surface area contributed by atoms with E-state index in [-0.39, 0.29) is 5.57 Å². The Morgan fingerprint density at radius 1 is 0.841 bits per heavy atom. The van der Waals surface area contributed by atoms with E-state index >= 15 is 0 Å². The third-order valence-electron chi connectivity index (χ3n) is 8.70. The quantitative estimate of drug-likeness (QED) is 0.116. The fraction of sp³-hybridized carbons (Fsp3) is 0.128. The molecular weight excluding hydrogens is 561 g/mol. The molecule has 2 aliphatic rings. The Morgan fingerprint density at radius 3 is 2.20 bits per heavy atom. The number of carboxylic acids is 1. The fourth-order valence-electron chi connectivity index (χ4n) is 6.69. The molecule has 0 spiro atoms. The molecule has 1 saturated carbocycles. The highest BCUT2D eigenvalue weighted by Crippen LogP contribution is 2.52. The summed E-state index contributed by atoms with van der Waals surface area (Å²) in [6.45, 7) is 0. The van der Waals surface area contributed by atoms with E-state index in [4.69, 9.17) is 5.26 Å². The van der Waals surface area contributed by atoms with Gasteiger partial charge in [-0.15, -0.1) is 11.3 Å². The second-order valence-electron chi connectivity index (χ2n) is 11.3. The number of carboxylic acid groups (broad SMARTS) is 1. The molecule has 4 nitrogen and oxygen atoms in total. The maximum absolute atomic E-state index is 11.2. The van der Waals surface area contributed by atoms with E-state index < -0.39 is 5.97 Å². The van der Waals surface area contributed by atoms with Crippen molar-refractivity contribution in [1.82, 2.24) is 0 Å².